The van der Waals surface area contributed by atoms with Crippen molar-refractivity contribution in [3.8, 4) is 17.3 Å². The van der Waals surface area contributed by atoms with Crippen molar-refractivity contribution in [2.45, 2.75) is 27.1 Å². The van der Waals surface area contributed by atoms with Crippen LogP contribution < -0.4 is 9.80 Å². The Balaban J connectivity index is 1.98. The molecule has 2 heterocycles. The highest BCUT2D eigenvalue weighted by Crippen LogP contribution is 2.41. The Morgan fingerprint density at radius 2 is 1.96 bits per heavy atom. The Hall–Kier alpha value is -2.58. The van der Waals surface area contributed by atoms with Crippen LogP contribution in [0.1, 0.15) is 26.3 Å². The summed E-state index contributed by atoms with van der Waals surface area (Å²) in [6.45, 7) is 7.24. The third-order valence-electron chi connectivity index (χ3n) is 4.12. The second-order valence-electron chi connectivity index (χ2n) is 7.39. The van der Waals surface area contributed by atoms with Crippen molar-refractivity contribution in [1.29, 1.82) is 5.26 Å². The van der Waals surface area contributed by atoms with E-state index in [4.69, 9.17) is 5.26 Å². The van der Waals surface area contributed by atoms with E-state index in [2.05, 4.69) is 31.8 Å². The quantitative estimate of drug-likeness (QED) is 0.920. The van der Waals surface area contributed by atoms with Gasteiger partial charge >= 0.3 is 0 Å². The molecule has 24 heavy (non-hydrogen) atoms. The van der Waals surface area contributed by atoms with Crippen LogP contribution in [0.2, 0.25) is 0 Å². The number of aromatic nitrogens is 1. The molecule has 5 heteroatoms. The van der Waals surface area contributed by atoms with Crippen molar-refractivity contribution < 1.29 is 5.11 Å². The van der Waals surface area contributed by atoms with Crippen LogP contribution in [0, 0.1) is 16.7 Å². The molecule has 0 amide bonds. The minimum absolute atomic E-state index is 0.0801. The number of anilines is 2. The average Bonchev–Trinajstić information content (AvgIpc) is 2.78. The van der Waals surface area contributed by atoms with Gasteiger partial charge in [0.25, 0.3) is 0 Å². The van der Waals surface area contributed by atoms with Gasteiger partial charge < -0.3 is 14.9 Å². The van der Waals surface area contributed by atoms with E-state index in [9.17, 15) is 5.11 Å². The van der Waals surface area contributed by atoms with E-state index < -0.39 is 6.35 Å². The van der Waals surface area contributed by atoms with E-state index >= 15 is 0 Å². The van der Waals surface area contributed by atoms with Crippen LogP contribution in [0.5, 0.6) is 0 Å². The SMILES string of the molecule is CN1c2cc(-c3ccc(C#N)cn3)ccc2N(CC(C)(C)C)C1O. The first-order chi connectivity index (χ1) is 11.3. The summed E-state index contributed by atoms with van der Waals surface area (Å²) in [6.07, 6.45) is 0.913. The number of rotatable bonds is 2. The predicted molar refractivity (Wildman–Crippen MR) is 95.6 cm³/mol. The molecular formula is C19H22N4O. The molecule has 1 aliphatic rings. The van der Waals surface area contributed by atoms with E-state index in [1.54, 1.807) is 12.3 Å². The van der Waals surface area contributed by atoms with Crippen LogP contribution in [-0.2, 0) is 0 Å². The zero-order valence-corrected chi connectivity index (χ0v) is 14.5. The summed E-state index contributed by atoms with van der Waals surface area (Å²) < 4.78 is 0. The molecule has 124 valence electrons. The fourth-order valence-electron chi connectivity index (χ4n) is 2.97. The van der Waals surface area contributed by atoms with Crippen LogP contribution >= 0.6 is 0 Å². The monoisotopic (exact) mass is 322 g/mol. The third-order valence-corrected chi connectivity index (χ3v) is 4.12. The molecule has 0 bridgehead atoms. The van der Waals surface area contributed by atoms with Crippen LogP contribution in [0.25, 0.3) is 11.3 Å². The van der Waals surface area contributed by atoms with E-state index in [1.165, 1.54) is 0 Å². The normalized spacial score (nSPS) is 16.9. The molecule has 0 radical (unpaired) electrons. The second-order valence-corrected chi connectivity index (χ2v) is 7.39. The zero-order valence-electron chi connectivity index (χ0n) is 14.5. The smallest absolute Gasteiger partial charge is 0.207 e. The highest BCUT2D eigenvalue weighted by molar-refractivity contribution is 5.81. The highest BCUT2D eigenvalue weighted by atomic mass is 16.3. The van der Waals surface area contributed by atoms with Crippen molar-refractivity contribution in [3.05, 3.63) is 42.1 Å². The van der Waals surface area contributed by atoms with Crippen molar-refractivity contribution in [1.82, 2.24) is 4.98 Å². The Bertz CT molecular complexity index is 786. The molecule has 0 saturated carbocycles. The summed E-state index contributed by atoms with van der Waals surface area (Å²) in [7, 11) is 1.89. The number of nitrogens with zero attached hydrogens (tertiary/aromatic N) is 4. The first-order valence-corrected chi connectivity index (χ1v) is 7.98. The molecule has 0 spiro atoms. The van der Waals surface area contributed by atoms with Gasteiger partial charge in [0, 0.05) is 25.4 Å². The molecular weight excluding hydrogens is 300 g/mol. The number of aliphatic hydroxyl groups is 1. The summed E-state index contributed by atoms with van der Waals surface area (Å²) in [6, 6.07) is 11.8. The van der Waals surface area contributed by atoms with Crippen LogP contribution in [0.4, 0.5) is 11.4 Å². The van der Waals surface area contributed by atoms with E-state index in [1.807, 2.05) is 41.1 Å². The van der Waals surface area contributed by atoms with E-state index in [0.717, 1.165) is 29.2 Å². The molecule has 1 aromatic heterocycles. The molecule has 3 rings (SSSR count). The molecule has 1 aliphatic heterocycles. The Morgan fingerprint density at radius 3 is 2.54 bits per heavy atom. The van der Waals surface area contributed by atoms with Gasteiger partial charge in [-0.3, -0.25) is 4.98 Å². The fourth-order valence-corrected chi connectivity index (χ4v) is 2.97. The molecule has 1 N–H and O–H groups in total. The van der Waals surface area contributed by atoms with Crippen molar-refractivity contribution >= 4 is 11.4 Å². The van der Waals surface area contributed by atoms with Crippen LogP contribution in [-0.4, -0.2) is 30.0 Å². The van der Waals surface area contributed by atoms with Gasteiger partial charge in [-0.05, 0) is 29.7 Å². The lowest BCUT2D eigenvalue weighted by molar-refractivity contribution is 0.166. The molecule has 0 saturated heterocycles. The van der Waals surface area contributed by atoms with Gasteiger partial charge in [0.1, 0.15) is 6.07 Å². The molecule has 2 aromatic rings. The molecule has 1 unspecified atom stereocenters. The molecule has 1 atom stereocenters. The van der Waals surface area contributed by atoms with E-state index in [-0.39, 0.29) is 5.41 Å². The first-order valence-electron chi connectivity index (χ1n) is 7.98. The maximum atomic E-state index is 10.6. The Kier molecular flexibility index (Phi) is 3.94. The summed E-state index contributed by atoms with van der Waals surface area (Å²) in [5.41, 5.74) is 4.41. The van der Waals surface area contributed by atoms with Crippen molar-refractivity contribution in [2.75, 3.05) is 23.4 Å². The molecule has 0 aliphatic carbocycles. The fraction of sp³-hybridized carbons (Fsp3) is 0.368. The zero-order chi connectivity index (χ0) is 17.5. The molecule has 5 nitrogen and oxygen atoms in total. The topological polar surface area (TPSA) is 63.4 Å². The summed E-state index contributed by atoms with van der Waals surface area (Å²) in [5, 5.41) is 19.5. The van der Waals surface area contributed by atoms with Crippen LogP contribution in [0.3, 0.4) is 0 Å². The standard InChI is InChI=1S/C19H22N4O/c1-19(2,3)12-23-16-8-6-14(9-17(16)22(4)18(23)24)15-7-5-13(10-20)11-21-15/h5-9,11,18,24H,12H2,1-4H3. The number of pyridine rings is 1. The van der Waals surface area contributed by atoms with Gasteiger partial charge in [-0.2, -0.15) is 5.26 Å². The average molecular weight is 322 g/mol. The van der Waals surface area contributed by atoms with Gasteiger partial charge in [0.2, 0.25) is 6.35 Å². The maximum absolute atomic E-state index is 10.6. The third kappa shape index (κ3) is 2.93. The highest BCUT2D eigenvalue weighted by Gasteiger charge is 2.34. The lowest BCUT2D eigenvalue weighted by Crippen LogP contribution is -2.44. The lowest BCUT2D eigenvalue weighted by atomic mass is 9.96. The van der Waals surface area contributed by atoms with E-state index in [0.29, 0.717) is 5.56 Å². The van der Waals surface area contributed by atoms with Gasteiger partial charge in [0.05, 0.1) is 22.6 Å². The lowest BCUT2D eigenvalue weighted by Gasteiger charge is -2.31. The second kappa shape index (κ2) is 5.81. The summed E-state index contributed by atoms with van der Waals surface area (Å²) in [4.78, 5) is 8.24. The summed E-state index contributed by atoms with van der Waals surface area (Å²) in [5.74, 6) is 0. The largest absolute Gasteiger partial charge is 0.356 e. The Morgan fingerprint density at radius 1 is 1.21 bits per heavy atom. The number of nitriles is 1. The number of hydrogen-bond donors (Lipinski definition) is 1. The van der Waals surface area contributed by atoms with Gasteiger partial charge in [-0.25, -0.2) is 0 Å². The van der Waals surface area contributed by atoms with Gasteiger partial charge in [-0.1, -0.05) is 26.8 Å². The minimum atomic E-state index is -0.664. The number of benzene rings is 1. The number of hydrogen-bond acceptors (Lipinski definition) is 5. The summed E-state index contributed by atoms with van der Waals surface area (Å²) >= 11 is 0. The minimum Gasteiger partial charge on any atom is -0.356 e. The maximum Gasteiger partial charge on any atom is 0.207 e. The molecule has 1 aromatic carbocycles. The van der Waals surface area contributed by atoms with Gasteiger partial charge in [0.15, 0.2) is 0 Å². The van der Waals surface area contributed by atoms with Crippen LogP contribution in [0.15, 0.2) is 36.5 Å². The molecule has 0 fully saturated rings. The Labute approximate surface area is 142 Å². The van der Waals surface area contributed by atoms with Crippen molar-refractivity contribution in [3.63, 3.8) is 0 Å². The predicted octanol–water partition coefficient (Wildman–Crippen LogP) is 3.20. The van der Waals surface area contributed by atoms with Crippen molar-refractivity contribution in [2.24, 2.45) is 5.41 Å². The van der Waals surface area contributed by atoms with Gasteiger partial charge in [-0.15, -0.1) is 0 Å². The number of fused-ring (bicyclic) bond motifs is 1. The first kappa shape index (κ1) is 16.3. The number of aliphatic hydroxyl groups excluding tert-OH is 1.